The van der Waals surface area contributed by atoms with Gasteiger partial charge in [0.25, 0.3) is 0 Å². The molecule has 2 aromatic rings. The van der Waals surface area contributed by atoms with Crippen molar-refractivity contribution in [1.29, 1.82) is 0 Å². The number of nitrogens with one attached hydrogen (secondary N) is 2. The highest BCUT2D eigenvalue weighted by atomic mass is 32.2. The van der Waals surface area contributed by atoms with Gasteiger partial charge in [0.05, 0.1) is 18.0 Å². The van der Waals surface area contributed by atoms with Crippen LogP contribution in [0.25, 0.3) is 0 Å². The summed E-state index contributed by atoms with van der Waals surface area (Å²) in [6, 6.07) is 10.6. The number of benzene rings is 2. The zero-order valence-electron chi connectivity index (χ0n) is 15.5. The van der Waals surface area contributed by atoms with Crippen LogP contribution in [0.4, 0.5) is 4.39 Å². The number of hydrogen-bond acceptors (Lipinski definition) is 4. The van der Waals surface area contributed by atoms with Crippen LogP contribution in [-0.2, 0) is 21.2 Å². The summed E-state index contributed by atoms with van der Waals surface area (Å²) in [5.74, 6) is -0.501. The van der Waals surface area contributed by atoms with Crippen molar-refractivity contribution >= 4 is 15.9 Å². The molecule has 0 spiro atoms. The van der Waals surface area contributed by atoms with Crippen LogP contribution in [0, 0.1) is 5.82 Å². The minimum absolute atomic E-state index is 0.154. The molecular formula is C19H23FN2O4S. The van der Waals surface area contributed by atoms with Gasteiger partial charge in [-0.1, -0.05) is 18.2 Å². The van der Waals surface area contributed by atoms with E-state index in [0.29, 0.717) is 12.0 Å². The molecule has 2 aromatic carbocycles. The molecular weight excluding hydrogens is 371 g/mol. The Hall–Kier alpha value is -2.45. The first-order chi connectivity index (χ1) is 12.8. The number of rotatable bonds is 8. The quantitative estimate of drug-likeness (QED) is 0.721. The Morgan fingerprint density at radius 3 is 2.41 bits per heavy atom. The molecule has 1 unspecified atom stereocenters. The van der Waals surface area contributed by atoms with Crippen molar-refractivity contribution in [3.63, 3.8) is 0 Å². The molecule has 6 nitrogen and oxygen atoms in total. The summed E-state index contributed by atoms with van der Waals surface area (Å²) in [7, 11) is -0.727. The molecule has 2 rings (SSSR count). The third kappa shape index (κ3) is 5.51. The first-order valence-corrected chi connectivity index (χ1v) is 9.90. The molecule has 0 aliphatic heterocycles. The Bertz CT molecular complexity index is 898. The summed E-state index contributed by atoms with van der Waals surface area (Å²) < 4.78 is 44.3. The number of carbonyl (C=O) groups excluding carboxylic acids is 1. The molecule has 0 aliphatic carbocycles. The summed E-state index contributed by atoms with van der Waals surface area (Å²) in [6.45, 7) is 1.77. The van der Waals surface area contributed by atoms with E-state index < -0.39 is 15.8 Å². The average molecular weight is 394 g/mol. The van der Waals surface area contributed by atoms with Gasteiger partial charge in [-0.05, 0) is 55.8 Å². The van der Waals surface area contributed by atoms with Crippen molar-refractivity contribution in [2.75, 3.05) is 14.2 Å². The molecule has 1 atom stereocenters. The lowest BCUT2D eigenvalue weighted by molar-refractivity contribution is -0.121. The topological polar surface area (TPSA) is 84.5 Å². The highest BCUT2D eigenvalue weighted by molar-refractivity contribution is 7.89. The molecule has 0 radical (unpaired) electrons. The highest BCUT2D eigenvalue weighted by Gasteiger charge is 2.13. The number of methoxy groups -OCH3 is 1. The Labute approximate surface area is 158 Å². The lowest BCUT2D eigenvalue weighted by Crippen LogP contribution is -2.26. The van der Waals surface area contributed by atoms with Crippen LogP contribution >= 0.6 is 0 Å². The molecule has 0 saturated heterocycles. The van der Waals surface area contributed by atoms with Crippen LogP contribution < -0.4 is 14.8 Å². The van der Waals surface area contributed by atoms with Crippen LogP contribution in [0.3, 0.4) is 0 Å². The highest BCUT2D eigenvalue weighted by Crippen LogP contribution is 2.21. The van der Waals surface area contributed by atoms with Gasteiger partial charge in [0.2, 0.25) is 15.9 Å². The number of aryl methyl sites for hydroxylation is 1. The van der Waals surface area contributed by atoms with E-state index in [4.69, 9.17) is 4.74 Å². The van der Waals surface area contributed by atoms with Gasteiger partial charge in [0, 0.05) is 6.42 Å². The second-order valence-corrected chi connectivity index (χ2v) is 7.92. The number of sulfonamides is 1. The van der Waals surface area contributed by atoms with Crippen molar-refractivity contribution in [2.45, 2.75) is 30.7 Å². The molecule has 0 bridgehead atoms. The second kappa shape index (κ2) is 8.96. The predicted octanol–water partition coefficient (Wildman–Crippen LogP) is 2.55. The normalized spacial score (nSPS) is 12.4. The second-order valence-electron chi connectivity index (χ2n) is 6.03. The number of carbonyl (C=O) groups is 1. The van der Waals surface area contributed by atoms with Gasteiger partial charge in [-0.15, -0.1) is 0 Å². The van der Waals surface area contributed by atoms with Gasteiger partial charge in [0.1, 0.15) is 0 Å². The Morgan fingerprint density at radius 1 is 1.19 bits per heavy atom. The fourth-order valence-electron chi connectivity index (χ4n) is 2.56. The Balaban J connectivity index is 1.91. The van der Waals surface area contributed by atoms with E-state index in [2.05, 4.69) is 10.0 Å². The number of halogens is 1. The average Bonchev–Trinajstić information content (AvgIpc) is 2.66. The molecule has 0 aliphatic rings. The van der Waals surface area contributed by atoms with E-state index in [1.54, 1.807) is 25.1 Å². The maximum Gasteiger partial charge on any atom is 0.240 e. The minimum atomic E-state index is -3.47. The standard InChI is InChI=1S/C19H23FN2O4S/c1-13(15-7-10-18(26-3)17(20)12-15)22-19(23)11-6-14-4-8-16(9-5-14)27(24,25)21-2/h4-5,7-10,12-13,21H,6,11H2,1-3H3,(H,22,23). The summed E-state index contributed by atoms with van der Waals surface area (Å²) in [6.07, 6.45) is 0.705. The summed E-state index contributed by atoms with van der Waals surface area (Å²) in [4.78, 5) is 12.3. The van der Waals surface area contributed by atoms with Gasteiger partial charge < -0.3 is 10.1 Å². The first-order valence-electron chi connectivity index (χ1n) is 8.42. The Kier molecular flexibility index (Phi) is 6.92. The van der Waals surface area contributed by atoms with Crippen molar-refractivity contribution in [1.82, 2.24) is 10.0 Å². The molecule has 0 saturated carbocycles. The van der Waals surface area contributed by atoms with Crippen LogP contribution in [-0.4, -0.2) is 28.5 Å². The molecule has 0 aromatic heterocycles. The van der Waals surface area contributed by atoms with Crippen molar-refractivity contribution in [2.24, 2.45) is 0 Å². The minimum Gasteiger partial charge on any atom is -0.494 e. The zero-order valence-corrected chi connectivity index (χ0v) is 16.3. The van der Waals surface area contributed by atoms with E-state index >= 15 is 0 Å². The van der Waals surface area contributed by atoms with Gasteiger partial charge >= 0.3 is 0 Å². The van der Waals surface area contributed by atoms with Crippen LogP contribution in [0.15, 0.2) is 47.4 Å². The fraction of sp³-hybridized carbons (Fsp3) is 0.316. The van der Waals surface area contributed by atoms with E-state index in [1.807, 2.05) is 0 Å². The van der Waals surface area contributed by atoms with Gasteiger partial charge in [0.15, 0.2) is 11.6 Å². The van der Waals surface area contributed by atoms with Crippen molar-refractivity contribution in [3.8, 4) is 5.75 Å². The third-order valence-corrected chi connectivity index (χ3v) is 5.63. The van der Waals surface area contributed by atoms with E-state index in [0.717, 1.165) is 5.56 Å². The first kappa shape index (κ1) is 20.9. The largest absolute Gasteiger partial charge is 0.494 e. The molecule has 146 valence electrons. The SMILES string of the molecule is CNS(=O)(=O)c1ccc(CCC(=O)NC(C)c2ccc(OC)c(F)c2)cc1. The lowest BCUT2D eigenvalue weighted by Gasteiger charge is -2.15. The van der Waals surface area contributed by atoms with Crippen LogP contribution in [0.1, 0.15) is 30.5 Å². The molecule has 1 amide bonds. The van der Waals surface area contributed by atoms with E-state index in [-0.39, 0.29) is 29.0 Å². The summed E-state index contributed by atoms with van der Waals surface area (Å²) >= 11 is 0. The maximum atomic E-state index is 13.8. The molecule has 0 heterocycles. The van der Waals surface area contributed by atoms with E-state index in [1.165, 1.54) is 38.4 Å². The van der Waals surface area contributed by atoms with Gasteiger partial charge in [-0.2, -0.15) is 0 Å². The fourth-order valence-corrected chi connectivity index (χ4v) is 3.29. The number of ether oxygens (including phenoxy) is 1. The zero-order chi connectivity index (χ0) is 20.0. The van der Waals surface area contributed by atoms with Gasteiger partial charge in [-0.25, -0.2) is 17.5 Å². The predicted molar refractivity (Wildman–Crippen MR) is 101 cm³/mol. The summed E-state index contributed by atoms with van der Waals surface area (Å²) in [5, 5.41) is 2.82. The van der Waals surface area contributed by atoms with Crippen LogP contribution in [0.2, 0.25) is 0 Å². The summed E-state index contributed by atoms with van der Waals surface area (Å²) in [5.41, 5.74) is 1.49. The molecule has 27 heavy (non-hydrogen) atoms. The number of amides is 1. The third-order valence-electron chi connectivity index (χ3n) is 4.20. The smallest absolute Gasteiger partial charge is 0.240 e. The van der Waals surface area contributed by atoms with Crippen LogP contribution in [0.5, 0.6) is 5.75 Å². The maximum absolute atomic E-state index is 13.8. The molecule has 0 fully saturated rings. The molecule has 2 N–H and O–H groups in total. The van der Waals surface area contributed by atoms with Crippen molar-refractivity contribution < 1.29 is 22.3 Å². The Morgan fingerprint density at radius 2 is 1.85 bits per heavy atom. The molecule has 8 heteroatoms. The van der Waals surface area contributed by atoms with Gasteiger partial charge in [-0.3, -0.25) is 4.79 Å². The monoisotopic (exact) mass is 394 g/mol. The number of hydrogen-bond donors (Lipinski definition) is 2. The van der Waals surface area contributed by atoms with Crippen molar-refractivity contribution in [3.05, 3.63) is 59.4 Å². The van der Waals surface area contributed by atoms with E-state index in [9.17, 15) is 17.6 Å². The lowest BCUT2D eigenvalue weighted by atomic mass is 10.1.